The van der Waals surface area contributed by atoms with Crippen LogP contribution in [0, 0.1) is 0 Å². The zero-order valence-corrected chi connectivity index (χ0v) is 71.5. The van der Waals surface area contributed by atoms with Crippen LogP contribution in [0.3, 0.4) is 0 Å². The third-order valence-corrected chi connectivity index (χ3v) is 17.7. The van der Waals surface area contributed by atoms with Crippen LogP contribution in [-0.4, -0.2) is 98.2 Å². The van der Waals surface area contributed by atoms with Gasteiger partial charge in [0.1, 0.15) is 22.1 Å². The Morgan fingerprint density at radius 1 is 0.513 bits per heavy atom. The number of aryl methyl sites for hydroxylation is 3. The van der Waals surface area contributed by atoms with Gasteiger partial charge in [-0.1, -0.05) is 262 Å². The molecule has 113 heavy (non-hydrogen) atoms. The summed E-state index contributed by atoms with van der Waals surface area (Å²) in [7, 11) is 4.40. The Kier molecular flexibility index (Phi) is 48.1. The van der Waals surface area contributed by atoms with Crippen molar-refractivity contribution in [3.05, 3.63) is 287 Å². The number of carbonyl (C=O) groups is 4. The summed E-state index contributed by atoms with van der Waals surface area (Å²) in [5.74, 6) is -0.681. The zero-order chi connectivity index (χ0) is 76.6. The maximum absolute atomic E-state index is 12.6. The van der Waals surface area contributed by atoms with E-state index in [-0.39, 0.29) is 163 Å². The summed E-state index contributed by atoms with van der Waals surface area (Å²) in [6, 6.07) is 78.9. The molecule has 26 heteroatoms. The molecule has 1 aliphatic heterocycles. The number of hydrogen-bond donors (Lipinski definition) is 2. The number of benzene rings is 9. The van der Waals surface area contributed by atoms with Gasteiger partial charge in [-0.3, -0.25) is 23.6 Å². The second-order valence-corrected chi connectivity index (χ2v) is 25.3. The first-order valence-corrected chi connectivity index (χ1v) is 35.9. The number of methoxy groups -OCH3 is 3. The zero-order valence-electron chi connectivity index (χ0n) is 62.4. The number of phenols is 1. The predicted octanol–water partition coefficient (Wildman–Crippen LogP) is 15.0. The second kappa shape index (κ2) is 53.5. The molecule has 4 unspecified atom stereocenters. The van der Waals surface area contributed by atoms with Crippen molar-refractivity contribution in [3.8, 4) is 84.8 Å². The fourth-order valence-electron chi connectivity index (χ4n) is 10.9. The average Bonchev–Trinajstić information content (AvgIpc) is 1.63. The van der Waals surface area contributed by atoms with E-state index in [9.17, 15) is 24.6 Å². The fraction of sp³-hybridized carbons (Fsp3) is 0.230. The maximum atomic E-state index is 12.6. The van der Waals surface area contributed by atoms with Crippen molar-refractivity contribution < 1.29 is 172 Å². The Hall–Kier alpha value is -7.61. The molecule has 0 amide bonds. The van der Waals surface area contributed by atoms with E-state index in [0.717, 1.165) is 81.4 Å². The van der Waals surface area contributed by atoms with Crippen LogP contribution in [0.15, 0.2) is 255 Å². The Balaban J connectivity index is 0.000000738. The first kappa shape index (κ1) is 101. The number of phenolic OH excluding ortho intramolecular Hbond substituents is 1. The van der Waals surface area contributed by atoms with E-state index in [0.29, 0.717) is 68.5 Å². The molecule has 588 valence electrons. The molecule has 12 aromatic rings. The van der Waals surface area contributed by atoms with Crippen molar-refractivity contribution in [2.75, 3.05) is 27.9 Å². The largest absolute Gasteiger partial charge is 1.00 e. The number of halogens is 4. The smallest absolute Gasteiger partial charge is 1.00 e. The first-order valence-electron chi connectivity index (χ1n) is 33.8. The topological polar surface area (TPSA) is 250 Å². The summed E-state index contributed by atoms with van der Waals surface area (Å²) in [5, 5.41) is 44.1. The third-order valence-electron chi connectivity index (χ3n) is 16.1. The minimum absolute atomic E-state index is 0. The molecule has 0 aliphatic carbocycles. The molecule has 1 fully saturated rings. The van der Waals surface area contributed by atoms with E-state index in [2.05, 4.69) is 30.7 Å². The van der Waals surface area contributed by atoms with Crippen LogP contribution in [0.2, 0.25) is 15.1 Å². The van der Waals surface area contributed by atoms with Crippen LogP contribution < -0.4 is 118 Å². The number of hydrogen-bond acceptors (Lipinski definition) is 16. The van der Waals surface area contributed by atoms with E-state index in [1.54, 1.807) is 79.9 Å². The van der Waals surface area contributed by atoms with E-state index >= 15 is 0 Å². The van der Waals surface area contributed by atoms with Gasteiger partial charge in [0.25, 0.3) is 6.47 Å². The van der Waals surface area contributed by atoms with Crippen molar-refractivity contribution in [1.82, 2.24) is 29.3 Å². The van der Waals surface area contributed by atoms with Gasteiger partial charge in [-0.15, -0.1) is 0 Å². The number of ether oxygens (including phenoxy) is 6. The number of aromatic nitrogens is 6. The number of carbonyl (C=O) groups excluding carboxylic acids is 3. The van der Waals surface area contributed by atoms with Gasteiger partial charge in [0.15, 0.2) is 6.29 Å². The quantitative estimate of drug-likeness (QED) is 0.0169. The first-order chi connectivity index (χ1) is 51.9. The Bertz CT molecular complexity index is 4770. The van der Waals surface area contributed by atoms with Crippen LogP contribution >= 0.6 is 50.7 Å². The second-order valence-electron chi connectivity index (χ2n) is 23.1. The average molecular weight is 1710 g/mol. The Labute approximate surface area is 773 Å². The van der Waals surface area contributed by atoms with Crippen LogP contribution in [0.1, 0.15) is 98.5 Å². The predicted molar refractivity (Wildman–Crippen MR) is 444 cm³/mol. The summed E-state index contributed by atoms with van der Waals surface area (Å²) in [6.45, 7) is 8.75. The number of aliphatic carboxylic acids is 1. The number of carboxylic acids is 1. The van der Waals surface area contributed by atoms with Gasteiger partial charge in [-0.25, -0.2) is 9.59 Å². The minimum Gasteiger partial charge on any atom is -1.00 e. The molecule has 20 nitrogen and oxygen atoms in total. The SMILES string of the molecule is C.C.C.C.CCn1nc(-c2ccccc2)cc1-c1cc(Cl)ccc1O.CCn1nc(-c2ccccc2)cc1-c1cc(Cl)ccc1OC(C(=O)O)c1ccccc1.CCn1nc(-c2ccccc2)cc1-c1cc(Cl)ccc1OC(C(=O)OC)c1ccccc1.COC(=O)C(Br)c1ccccc1.COC1CCCO1.O=CO[O-].[H-].[K+].[K+]. The molecular weight excluding hydrogens is 1620 g/mol. The van der Waals surface area contributed by atoms with Gasteiger partial charge in [0.05, 0.1) is 48.4 Å². The van der Waals surface area contributed by atoms with Gasteiger partial charge < -0.3 is 50.2 Å². The molecule has 3 aromatic heterocycles. The van der Waals surface area contributed by atoms with Crippen LogP contribution in [-0.2, 0) is 62.6 Å². The number of alkyl halides is 1. The number of carboxylic acid groups (broad SMARTS) is 1. The summed E-state index contributed by atoms with van der Waals surface area (Å²) >= 11 is 21.9. The van der Waals surface area contributed by atoms with Crippen molar-refractivity contribution in [2.45, 2.75) is 106 Å². The molecule has 0 saturated carbocycles. The van der Waals surface area contributed by atoms with Crippen LogP contribution in [0.4, 0.5) is 0 Å². The molecule has 0 spiro atoms. The minimum atomic E-state index is -1.15. The Morgan fingerprint density at radius 2 is 0.841 bits per heavy atom. The molecule has 9 aromatic carbocycles. The number of aromatic hydroxyl groups is 1. The van der Waals surface area contributed by atoms with Crippen LogP contribution in [0.25, 0.3) is 67.5 Å². The van der Waals surface area contributed by atoms with Gasteiger partial charge in [-0.05, 0) is 106 Å². The number of esters is 2. The molecule has 2 N–H and O–H groups in total. The molecule has 4 heterocycles. The van der Waals surface area contributed by atoms with E-state index < -0.39 is 24.1 Å². The van der Waals surface area contributed by atoms with Crippen LogP contribution in [0.5, 0.6) is 17.2 Å². The molecule has 4 atom stereocenters. The maximum Gasteiger partial charge on any atom is 1.00 e. The van der Waals surface area contributed by atoms with Gasteiger partial charge in [0.2, 0.25) is 12.2 Å². The fourth-order valence-corrected chi connectivity index (χ4v) is 11.9. The third kappa shape index (κ3) is 29.9. The molecule has 0 bridgehead atoms. The van der Waals surface area contributed by atoms with Gasteiger partial charge in [-0.2, -0.15) is 15.3 Å². The number of nitrogens with zero attached hydrogens (tertiary/aromatic N) is 6. The molecule has 1 saturated heterocycles. The number of rotatable bonds is 21. The normalized spacial score (nSPS) is 12.0. The van der Waals surface area contributed by atoms with E-state index in [1.807, 2.05) is 217 Å². The van der Waals surface area contributed by atoms with Crippen molar-refractivity contribution in [3.63, 3.8) is 0 Å². The molecule has 1 aliphatic rings. The molecule has 13 rings (SSSR count). The van der Waals surface area contributed by atoms with Gasteiger partial charge >= 0.3 is 121 Å². The Morgan fingerprint density at radius 3 is 1.16 bits per heavy atom. The summed E-state index contributed by atoms with van der Waals surface area (Å²) in [5.41, 5.74) is 12.4. The van der Waals surface area contributed by atoms with Crippen molar-refractivity contribution >= 4 is 75.1 Å². The van der Waals surface area contributed by atoms with Crippen molar-refractivity contribution in [2.24, 2.45) is 0 Å². The monoisotopic (exact) mass is 1710 g/mol. The van der Waals surface area contributed by atoms with Gasteiger partial charge in [0, 0.05) is 99.3 Å². The molecule has 0 radical (unpaired) electrons. The summed E-state index contributed by atoms with van der Waals surface area (Å²) in [6.07, 6.45) is 0.259. The molecular formula is C87H96BrCl3K2N6O14. The summed E-state index contributed by atoms with van der Waals surface area (Å²) in [4.78, 5) is 46.5. The van der Waals surface area contributed by atoms with Crippen molar-refractivity contribution in [1.29, 1.82) is 0 Å². The van der Waals surface area contributed by atoms with E-state index in [1.165, 1.54) is 14.2 Å². The summed E-state index contributed by atoms with van der Waals surface area (Å²) < 4.78 is 37.4. The standard InChI is InChI=1S/C26H23ClN2O3.C25H21ClN2O3.C17H15ClN2O.C9H9BrO2.C5H10O2.CH2O3.4CH4.2K.H/c1-3-29-23(17-22(28-29)18-10-6-4-7-11-18)21-16-20(27)14-15-24(21)32-25(26(30)31-2)19-12-8-5-9-13-19;1-2-28-22(16-21(27-28)17-9-5-3-6-10-17)20-15-19(26)13-14-23(20)31-24(25(29)30)18-11-7-4-8-12-18;1-2-20-16(14-10-13(18)8-9-17(14)21)11-15(19-20)12-6-4-3-5-7-12;1-12-9(11)8(10)7-5-3-2-4-6-7;1-6-5-3-2-4-7-5;2-1-4-3;;;;;;;/h4-17,25H,3H2,1-2H3;3-16,24H,2H2,1H3,(H,29,30);3-11,21H,2H2,1H3;2-6,8H,1H3;5H,2-4H2,1H3;1,3H;4*1H4;;;/q;;;;;;;;;;2*+1;-1/p-1. The van der Waals surface area contributed by atoms with E-state index in [4.69, 9.17) is 78.7 Å².